The lowest BCUT2D eigenvalue weighted by molar-refractivity contribution is 0.0758. The van der Waals surface area contributed by atoms with Crippen LogP contribution in [-0.4, -0.2) is 33.8 Å². The van der Waals surface area contributed by atoms with Gasteiger partial charge in [0.15, 0.2) is 17.2 Å². The molecule has 2 aliphatic rings. The van der Waals surface area contributed by atoms with E-state index < -0.39 is 0 Å². The number of likely N-dealkylation sites (N-methyl/N-ethyl adjacent to an activating group) is 1. The Hall–Kier alpha value is -1.78. The number of rotatable bonds is 0. The summed E-state index contributed by atoms with van der Waals surface area (Å²) in [4.78, 5) is 6.93. The molecule has 2 aromatic rings. The molecule has 4 rings (SSSR count). The number of hydrogen-bond acceptors (Lipinski definition) is 4. The molecular formula is C16H26N4O. The van der Waals surface area contributed by atoms with Gasteiger partial charge in [-0.3, -0.25) is 0 Å². The average Bonchev–Trinajstić information content (AvgIpc) is 2.86. The smallest absolute Gasteiger partial charge is 0.180 e. The Kier molecular flexibility index (Phi) is 4.70. The van der Waals surface area contributed by atoms with Crippen molar-refractivity contribution >= 4 is 11.5 Å². The third kappa shape index (κ3) is 2.45. The molecule has 3 heterocycles. The fourth-order valence-electron chi connectivity index (χ4n) is 2.69. The largest absolute Gasteiger partial charge is 0.483 e. The summed E-state index contributed by atoms with van der Waals surface area (Å²) < 4.78 is 7.75. The number of hydrogen-bond donors (Lipinski definition) is 0. The van der Waals surface area contributed by atoms with Crippen LogP contribution in [0.15, 0.2) is 12.4 Å². The number of ether oxygens (including phenoxy) is 1. The van der Waals surface area contributed by atoms with E-state index in [2.05, 4.69) is 22.0 Å². The summed E-state index contributed by atoms with van der Waals surface area (Å²) in [6, 6.07) is 0.501. The number of anilines is 1. The van der Waals surface area contributed by atoms with Crippen LogP contribution in [0.3, 0.4) is 0 Å². The first-order chi connectivity index (χ1) is 10.2. The molecule has 1 fully saturated rings. The molecule has 2 aromatic heterocycles. The predicted molar refractivity (Wildman–Crippen MR) is 86.3 cm³/mol. The molecule has 0 N–H and O–H groups in total. The summed E-state index contributed by atoms with van der Waals surface area (Å²) in [5, 5.41) is 4.27. The molecule has 116 valence electrons. The Balaban J connectivity index is 0.000000374. The van der Waals surface area contributed by atoms with Crippen LogP contribution in [0.4, 0.5) is 5.82 Å². The summed E-state index contributed by atoms with van der Waals surface area (Å²) >= 11 is 0. The molecule has 0 saturated heterocycles. The molecular weight excluding hydrogens is 264 g/mol. The third-order valence-corrected chi connectivity index (χ3v) is 3.90. The zero-order chi connectivity index (χ0) is 15.6. The Morgan fingerprint density at radius 2 is 1.90 bits per heavy atom. The lowest BCUT2D eigenvalue weighted by Crippen LogP contribution is -2.55. The quantitative estimate of drug-likeness (QED) is 0.745. The molecule has 0 aromatic carbocycles. The van der Waals surface area contributed by atoms with E-state index in [1.807, 2.05) is 47.0 Å². The van der Waals surface area contributed by atoms with Crippen LogP contribution >= 0.6 is 0 Å². The van der Waals surface area contributed by atoms with Crippen LogP contribution in [0.5, 0.6) is 5.75 Å². The second-order valence-corrected chi connectivity index (χ2v) is 4.94. The first-order valence-corrected chi connectivity index (χ1v) is 7.98. The minimum atomic E-state index is 0.336. The van der Waals surface area contributed by atoms with Crippen molar-refractivity contribution in [1.29, 1.82) is 0 Å². The summed E-state index contributed by atoms with van der Waals surface area (Å²) in [5.41, 5.74) is 2.01. The number of aryl methyl sites for hydroxylation is 1. The van der Waals surface area contributed by atoms with Crippen molar-refractivity contribution in [3.63, 3.8) is 0 Å². The molecule has 0 amide bonds. The molecule has 0 radical (unpaired) electrons. The van der Waals surface area contributed by atoms with E-state index >= 15 is 0 Å². The van der Waals surface area contributed by atoms with Crippen molar-refractivity contribution in [3.05, 3.63) is 18.0 Å². The summed E-state index contributed by atoms with van der Waals surface area (Å²) in [6.07, 6.45) is 6.46. The third-order valence-electron chi connectivity index (χ3n) is 3.90. The maximum Gasteiger partial charge on any atom is 0.180 e. The van der Waals surface area contributed by atoms with Crippen LogP contribution in [0, 0.1) is 6.92 Å². The summed E-state index contributed by atoms with van der Waals surface area (Å²) in [5.74, 6) is 1.80. The molecule has 21 heavy (non-hydrogen) atoms. The van der Waals surface area contributed by atoms with Crippen molar-refractivity contribution in [1.82, 2.24) is 14.6 Å². The first kappa shape index (κ1) is 15.6. The van der Waals surface area contributed by atoms with Gasteiger partial charge in [0.05, 0.1) is 18.4 Å². The maximum atomic E-state index is 5.95. The number of aromatic nitrogens is 3. The van der Waals surface area contributed by atoms with Gasteiger partial charge in [0.2, 0.25) is 0 Å². The van der Waals surface area contributed by atoms with E-state index in [0.717, 1.165) is 29.2 Å². The van der Waals surface area contributed by atoms with Crippen molar-refractivity contribution < 1.29 is 4.74 Å². The highest BCUT2D eigenvalue weighted by atomic mass is 16.5. The number of nitrogens with zero attached hydrogens (tertiary/aromatic N) is 4. The summed E-state index contributed by atoms with van der Waals surface area (Å²) in [7, 11) is 2.10. The first-order valence-electron chi connectivity index (χ1n) is 7.98. The van der Waals surface area contributed by atoms with Gasteiger partial charge in [0.25, 0.3) is 0 Å². The predicted octanol–water partition coefficient (Wildman–Crippen LogP) is 3.45. The second-order valence-electron chi connectivity index (χ2n) is 4.94. The minimum absolute atomic E-state index is 0.336. The van der Waals surface area contributed by atoms with Gasteiger partial charge in [-0.15, -0.1) is 0 Å². The Morgan fingerprint density at radius 3 is 2.52 bits per heavy atom. The van der Waals surface area contributed by atoms with Gasteiger partial charge in [-0.1, -0.05) is 27.7 Å². The van der Waals surface area contributed by atoms with Crippen LogP contribution in [-0.2, 0) is 0 Å². The van der Waals surface area contributed by atoms with Crippen LogP contribution in [0.1, 0.15) is 46.1 Å². The molecule has 2 atom stereocenters. The van der Waals surface area contributed by atoms with E-state index in [-0.39, 0.29) is 0 Å². The molecule has 1 saturated carbocycles. The van der Waals surface area contributed by atoms with E-state index in [4.69, 9.17) is 4.74 Å². The normalized spacial score (nSPS) is 21.7. The lowest BCUT2D eigenvalue weighted by Gasteiger charge is -2.46. The van der Waals surface area contributed by atoms with Gasteiger partial charge in [0.1, 0.15) is 6.10 Å². The maximum absolute atomic E-state index is 5.95. The standard InChI is InChI=1S/C12H14N4O.2C2H6/c1-7-5-13-16-6-10-12(14-11(7)16)15(2)8-3-4-9(8)17-10;2*1-2/h5-6,8-9H,3-4H2,1-2H3;2*1-2H3. The van der Waals surface area contributed by atoms with Crippen molar-refractivity contribution in [2.75, 3.05) is 11.9 Å². The molecule has 5 heteroatoms. The number of fused-ring (bicyclic) bond motifs is 3. The Labute approximate surface area is 126 Å². The topological polar surface area (TPSA) is 42.7 Å². The molecule has 1 aliphatic heterocycles. The van der Waals surface area contributed by atoms with Crippen LogP contribution < -0.4 is 9.64 Å². The van der Waals surface area contributed by atoms with E-state index in [1.54, 1.807) is 4.52 Å². The molecule has 5 nitrogen and oxygen atoms in total. The fraction of sp³-hybridized carbons (Fsp3) is 0.625. The van der Waals surface area contributed by atoms with Gasteiger partial charge in [-0.25, -0.2) is 9.50 Å². The minimum Gasteiger partial charge on any atom is -0.483 e. The van der Waals surface area contributed by atoms with Crippen LogP contribution in [0.25, 0.3) is 5.65 Å². The van der Waals surface area contributed by atoms with Gasteiger partial charge < -0.3 is 9.64 Å². The monoisotopic (exact) mass is 290 g/mol. The van der Waals surface area contributed by atoms with E-state index in [9.17, 15) is 0 Å². The lowest BCUT2D eigenvalue weighted by atomic mass is 9.86. The van der Waals surface area contributed by atoms with Crippen molar-refractivity contribution in [2.24, 2.45) is 0 Å². The second kappa shape index (κ2) is 6.33. The molecule has 1 aliphatic carbocycles. The van der Waals surface area contributed by atoms with Gasteiger partial charge >= 0.3 is 0 Å². The van der Waals surface area contributed by atoms with Gasteiger partial charge in [-0.2, -0.15) is 5.10 Å². The molecule has 0 bridgehead atoms. The van der Waals surface area contributed by atoms with Crippen molar-refractivity contribution in [2.45, 2.75) is 59.6 Å². The average molecular weight is 290 g/mol. The van der Waals surface area contributed by atoms with Gasteiger partial charge in [-0.05, 0) is 19.8 Å². The Morgan fingerprint density at radius 1 is 1.19 bits per heavy atom. The molecule has 0 spiro atoms. The Bertz CT molecular complexity index is 608. The zero-order valence-corrected chi connectivity index (χ0v) is 13.9. The molecule has 2 unspecified atom stereocenters. The van der Waals surface area contributed by atoms with E-state index in [1.165, 1.54) is 6.42 Å². The fourth-order valence-corrected chi connectivity index (χ4v) is 2.69. The highest BCUT2D eigenvalue weighted by molar-refractivity contribution is 5.61. The highest BCUT2D eigenvalue weighted by Gasteiger charge is 2.41. The summed E-state index contributed by atoms with van der Waals surface area (Å²) in [6.45, 7) is 10.0. The zero-order valence-electron chi connectivity index (χ0n) is 13.9. The highest BCUT2D eigenvalue weighted by Crippen LogP contribution is 2.41. The van der Waals surface area contributed by atoms with Gasteiger partial charge in [0, 0.05) is 12.6 Å². The SMILES string of the molecule is CC.CC.Cc1cnn2cc3c(nc12)N(C)C1CCC1O3. The van der Waals surface area contributed by atoms with E-state index in [0.29, 0.717) is 12.1 Å². The van der Waals surface area contributed by atoms with Crippen molar-refractivity contribution in [3.8, 4) is 5.75 Å². The van der Waals surface area contributed by atoms with Crippen LogP contribution in [0.2, 0.25) is 0 Å².